The number of aliphatic carboxylic acids is 1. The van der Waals surface area contributed by atoms with Crippen molar-refractivity contribution < 1.29 is 14.7 Å². The number of nitrogens with two attached hydrogens (primary N) is 1. The molecule has 13 heavy (non-hydrogen) atoms. The number of amides is 1. The Morgan fingerprint density at radius 2 is 2.23 bits per heavy atom. The molecule has 1 atom stereocenters. The standard InChI is InChI=1S/C8H14N2O3/c1-2-7(11)10-5-3-4-6(9)8(12)13/h2,6H,1,3-5,9H2,(H,10,11)(H,12,13). The summed E-state index contributed by atoms with van der Waals surface area (Å²) in [5.74, 6) is -1.28. The highest BCUT2D eigenvalue weighted by Crippen LogP contribution is 1.92. The molecule has 0 aromatic rings. The Hall–Kier alpha value is -1.36. The maximum atomic E-state index is 10.6. The van der Waals surface area contributed by atoms with Crippen molar-refractivity contribution in [2.75, 3.05) is 6.54 Å². The average molecular weight is 186 g/mol. The van der Waals surface area contributed by atoms with Crippen LogP contribution in [0.2, 0.25) is 0 Å². The molecule has 0 aliphatic rings. The molecule has 0 radical (unpaired) electrons. The number of hydrogen-bond acceptors (Lipinski definition) is 3. The van der Waals surface area contributed by atoms with Crippen molar-refractivity contribution in [2.24, 2.45) is 5.73 Å². The Balaban J connectivity index is 3.40. The van der Waals surface area contributed by atoms with Crippen LogP contribution in [0.5, 0.6) is 0 Å². The van der Waals surface area contributed by atoms with Crippen molar-refractivity contribution in [2.45, 2.75) is 18.9 Å². The maximum Gasteiger partial charge on any atom is 0.320 e. The number of carboxylic acids is 1. The first-order valence-electron chi connectivity index (χ1n) is 3.96. The molecule has 5 heteroatoms. The van der Waals surface area contributed by atoms with E-state index >= 15 is 0 Å². The summed E-state index contributed by atoms with van der Waals surface area (Å²) < 4.78 is 0. The molecule has 0 saturated carbocycles. The van der Waals surface area contributed by atoms with E-state index in [0.717, 1.165) is 6.08 Å². The summed E-state index contributed by atoms with van der Waals surface area (Å²) in [6, 6.07) is -0.847. The van der Waals surface area contributed by atoms with E-state index < -0.39 is 12.0 Å². The van der Waals surface area contributed by atoms with Gasteiger partial charge in [0.1, 0.15) is 6.04 Å². The van der Waals surface area contributed by atoms with Gasteiger partial charge < -0.3 is 16.2 Å². The zero-order valence-electron chi connectivity index (χ0n) is 7.32. The van der Waals surface area contributed by atoms with Crippen LogP contribution >= 0.6 is 0 Å². The van der Waals surface area contributed by atoms with Gasteiger partial charge in [0, 0.05) is 6.54 Å². The smallest absolute Gasteiger partial charge is 0.320 e. The summed E-state index contributed by atoms with van der Waals surface area (Å²) in [7, 11) is 0. The number of carbonyl (C=O) groups excluding carboxylic acids is 1. The first-order chi connectivity index (χ1) is 6.07. The van der Waals surface area contributed by atoms with Crippen molar-refractivity contribution in [3.05, 3.63) is 12.7 Å². The third-order valence-electron chi connectivity index (χ3n) is 1.49. The molecular weight excluding hydrogens is 172 g/mol. The first-order valence-corrected chi connectivity index (χ1v) is 3.96. The van der Waals surface area contributed by atoms with Crippen LogP contribution in [-0.2, 0) is 9.59 Å². The lowest BCUT2D eigenvalue weighted by Crippen LogP contribution is -2.31. The van der Waals surface area contributed by atoms with Gasteiger partial charge in [-0.1, -0.05) is 6.58 Å². The molecule has 0 bridgehead atoms. The van der Waals surface area contributed by atoms with E-state index in [2.05, 4.69) is 11.9 Å². The van der Waals surface area contributed by atoms with Gasteiger partial charge in [-0.3, -0.25) is 9.59 Å². The number of carboxylic acid groups (broad SMARTS) is 1. The Bertz CT molecular complexity index is 204. The van der Waals surface area contributed by atoms with Crippen LogP contribution < -0.4 is 11.1 Å². The molecule has 74 valence electrons. The molecule has 1 unspecified atom stereocenters. The van der Waals surface area contributed by atoms with E-state index in [1.165, 1.54) is 0 Å². The highest BCUT2D eigenvalue weighted by atomic mass is 16.4. The van der Waals surface area contributed by atoms with Crippen molar-refractivity contribution in [3.63, 3.8) is 0 Å². The lowest BCUT2D eigenvalue weighted by atomic mass is 10.2. The van der Waals surface area contributed by atoms with E-state index in [0.29, 0.717) is 19.4 Å². The van der Waals surface area contributed by atoms with E-state index in [9.17, 15) is 9.59 Å². The SMILES string of the molecule is C=CC(=O)NCCCC(N)C(=O)O. The van der Waals surface area contributed by atoms with E-state index in [4.69, 9.17) is 10.8 Å². The second kappa shape index (κ2) is 6.19. The third kappa shape index (κ3) is 5.86. The zero-order chi connectivity index (χ0) is 10.3. The lowest BCUT2D eigenvalue weighted by Gasteiger charge is -2.05. The van der Waals surface area contributed by atoms with E-state index in [1.807, 2.05) is 0 Å². The van der Waals surface area contributed by atoms with Crippen LogP contribution in [-0.4, -0.2) is 29.6 Å². The first kappa shape index (κ1) is 11.6. The van der Waals surface area contributed by atoms with Crippen LogP contribution in [0.25, 0.3) is 0 Å². The zero-order valence-corrected chi connectivity index (χ0v) is 7.32. The molecule has 0 aliphatic heterocycles. The predicted molar refractivity (Wildman–Crippen MR) is 48.1 cm³/mol. The summed E-state index contributed by atoms with van der Waals surface area (Å²) in [5, 5.41) is 10.9. The van der Waals surface area contributed by atoms with Gasteiger partial charge >= 0.3 is 5.97 Å². The molecule has 4 N–H and O–H groups in total. The normalized spacial score (nSPS) is 11.8. The number of hydrogen-bond donors (Lipinski definition) is 3. The van der Waals surface area contributed by atoms with Crippen molar-refractivity contribution >= 4 is 11.9 Å². The van der Waals surface area contributed by atoms with Crippen LogP contribution in [0.1, 0.15) is 12.8 Å². The minimum atomic E-state index is -1.02. The van der Waals surface area contributed by atoms with Gasteiger partial charge in [0.25, 0.3) is 0 Å². The molecule has 0 saturated heterocycles. The van der Waals surface area contributed by atoms with Crippen molar-refractivity contribution in [1.82, 2.24) is 5.32 Å². The molecule has 0 fully saturated rings. The molecule has 0 aromatic carbocycles. The van der Waals surface area contributed by atoms with E-state index in [1.54, 1.807) is 0 Å². The molecule has 0 aliphatic carbocycles. The number of nitrogens with one attached hydrogen (secondary N) is 1. The highest BCUT2D eigenvalue weighted by molar-refractivity contribution is 5.86. The summed E-state index contributed by atoms with van der Waals surface area (Å²) in [6.45, 7) is 3.69. The molecule has 1 amide bonds. The minimum absolute atomic E-state index is 0.260. The fraction of sp³-hybridized carbons (Fsp3) is 0.500. The van der Waals surface area contributed by atoms with Crippen molar-refractivity contribution in [3.8, 4) is 0 Å². The Morgan fingerprint density at radius 1 is 1.62 bits per heavy atom. The topological polar surface area (TPSA) is 92.4 Å². The van der Waals surface area contributed by atoms with Gasteiger partial charge in [0.05, 0.1) is 0 Å². The van der Waals surface area contributed by atoms with Gasteiger partial charge in [-0.25, -0.2) is 0 Å². The second-order valence-electron chi connectivity index (χ2n) is 2.58. The monoisotopic (exact) mass is 186 g/mol. The molecular formula is C8H14N2O3. The quantitative estimate of drug-likeness (QED) is 0.384. The van der Waals surface area contributed by atoms with Gasteiger partial charge in [0.2, 0.25) is 5.91 Å². The van der Waals surface area contributed by atoms with E-state index in [-0.39, 0.29) is 5.91 Å². The Labute approximate surface area is 76.6 Å². The molecule has 0 rings (SSSR count). The van der Waals surface area contributed by atoms with Crippen LogP contribution in [0.15, 0.2) is 12.7 Å². The number of rotatable bonds is 6. The second-order valence-corrected chi connectivity index (χ2v) is 2.58. The average Bonchev–Trinajstić information content (AvgIpc) is 2.11. The molecule has 5 nitrogen and oxygen atoms in total. The van der Waals surface area contributed by atoms with Gasteiger partial charge in [-0.15, -0.1) is 0 Å². The van der Waals surface area contributed by atoms with Crippen molar-refractivity contribution in [1.29, 1.82) is 0 Å². The summed E-state index contributed by atoms with van der Waals surface area (Å²) in [6.07, 6.45) is 2.07. The molecule has 0 spiro atoms. The largest absolute Gasteiger partial charge is 0.480 e. The van der Waals surface area contributed by atoms with Gasteiger partial charge in [0.15, 0.2) is 0 Å². The summed E-state index contributed by atoms with van der Waals surface area (Å²) >= 11 is 0. The van der Waals surface area contributed by atoms with Crippen LogP contribution in [0.3, 0.4) is 0 Å². The fourth-order valence-electron chi connectivity index (χ4n) is 0.729. The Kier molecular flexibility index (Phi) is 5.54. The van der Waals surface area contributed by atoms with Crippen LogP contribution in [0, 0.1) is 0 Å². The lowest BCUT2D eigenvalue weighted by molar-refractivity contribution is -0.138. The van der Waals surface area contributed by atoms with Crippen LogP contribution in [0.4, 0.5) is 0 Å². The third-order valence-corrected chi connectivity index (χ3v) is 1.49. The fourth-order valence-corrected chi connectivity index (χ4v) is 0.729. The molecule has 0 heterocycles. The Morgan fingerprint density at radius 3 is 2.69 bits per heavy atom. The molecule has 0 aromatic heterocycles. The predicted octanol–water partition coefficient (Wildman–Crippen LogP) is -0.519. The number of carbonyl (C=O) groups is 2. The maximum absolute atomic E-state index is 10.6. The minimum Gasteiger partial charge on any atom is -0.480 e. The summed E-state index contributed by atoms with van der Waals surface area (Å²) in [4.78, 5) is 20.9. The van der Waals surface area contributed by atoms with Gasteiger partial charge in [-0.2, -0.15) is 0 Å². The highest BCUT2D eigenvalue weighted by Gasteiger charge is 2.09. The van der Waals surface area contributed by atoms with Gasteiger partial charge in [-0.05, 0) is 18.9 Å². The summed E-state index contributed by atoms with van der Waals surface area (Å²) in [5.41, 5.74) is 5.23.